The van der Waals surface area contributed by atoms with Crippen molar-refractivity contribution in [2.24, 2.45) is 0 Å². The van der Waals surface area contributed by atoms with Crippen molar-refractivity contribution in [2.75, 3.05) is 0 Å². The van der Waals surface area contributed by atoms with Crippen molar-refractivity contribution in [1.82, 2.24) is 0 Å². The molecule has 2 radical (unpaired) electrons. The summed E-state index contributed by atoms with van der Waals surface area (Å²) in [6, 6.07) is 0. The Hall–Kier alpha value is 1.73. The van der Waals surface area contributed by atoms with E-state index in [9.17, 15) is 0 Å². The summed E-state index contributed by atoms with van der Waals surface area (Å²) < 4.78 is 34.1. The molecule has 0 atom stereocenters. The average Bonchev–Trinajstić information content (AvgIpc) is 0.722. The van der Waals surface area contributed by atoms with Crippen LogP contribution in [-0.4, -0.2) is 44.8 Å². The van der Waals surface area contributed by atoms with E-state index in [0.717, 1.165) is 0 Å². The maximum absolute atomic E-state index is 8.52. The van der Waals surface area contributed by atoms with Gasteiger partial charge >= 0.3 is 27.3 Å². The van der Waals surface area contributed by atoms with Crippen LogP contribution in [0, 0.1) is 0 Å². The Bertz CT molecular complexity index is 94.9. The Morgan fingerprint density at radius 2 is 1.14 bits per heavy atom. The summed E-state index contributed by atoms with van der Waals surface area (Å²) in [6.07, 6.45) is 0. The fourth-order valence-electron chi connectivity index (χ4n) is 0. The molecule has 0 aromatic carbocycles. The molecule has 0 bridgehead atoms. The Balaban J connectivity index is -0.0000000800. The molecule has 0 saturated carbocycles. The fraction of sp³-hybridized carbons (Fsp3) is 0. The van der Waals surface area contributed by atoms with Gasteiger partial charge in [0.2, 0.25) is 0 Å². The molecule has 0 fully saturated rings. The molecule has 0 spiro atoms. The first-order chi connectivity index (χ1) is 2.00. The van der Waals surface area contributed by atoms with Gasteiger partial charge in [0.25, 0.3) is 0 Å². The van der Waals surface area contributed by atoms with Crippen LogP contribution in [0.25, 0.3) is 0 Å². The van der Waals surface area contributed by atoms with E-state index in [-0.39, 0.29) is 55.0 Å². The van der Waals surface area contributed by atoms with Gasteiger partial charge in [-0.1, -0.05) is 0 Å². The smallest absolute Gasteiger partial charge is 0.759 e. The first-order valence-corrected chi connectivity index (χ1v) is 2.00. The SMILES string of the molecule is O=S(=O)([O-])[O-].[Hg].[Pb+2]. The topological polar surface area (TPSA) is 80.3 Å². The van der Waals surface area contributed by atoms with Crippen molar-refractivity contribution in [2.45, 2.75) is 0 Å². The summed E-state index contributed by atoms with van der Waals surface area (Å²) in [6.45, 7) is 0. The zero-order chi connectivity index (χ0) is 4.50. The van der Waals surface area contributed by atoms with E-state index in [0.29, 0.717) is 0 Å². The van der Waals surface area contributed by atoms with Crippen LogP contribution in [0.3, 0.4) is 0 Å². The fourth-order valence-corrected chi connectivity index (χ4v) is 0. The summed E-state index contributed by atoms with van der Waals surface area (Å²) >= 11 is 0. The minimum absolute atomic E-state index is 0. The van der Waals surface area contributed by atoms with Crippen LogP contribution in [0.5, 0.6) is 0 Å². The predicted molar refractivity (Wildman–Crippen MR) is 16.2 cm³/mol. The molecule has 7 heteroatoms. The molecule has 0 rings (SSSR count). The van der Waals surface area contributed by atoms with Gasteiger partial charge in [-0.15, -0.1) is 0 Å². The summed E-state index contributed by atoms with van der Waals surface area (Å²) in [5, 5.41) is 0. The van der Waals surface area contributed by atoms with Crippen molar-refractivity contribution < 1.29 is 45.2 Å². The minimum atomic E-state index is -5.17. The van der Waals surface area contributed by atoms with Crippen LogP contribution in [0.4, 0.5) is 0 Å². The predicted octanol–water partition coefficient (Wildman–Crippen LogP) is -1.72. The van der Waals surface area contributed by atoms with Gasteiger partial charge in [0, 0.05) is 38.1 Å². The van der Waals surface area contributed by atoms with Gasteiger partial charge in [-0.2, -0.15) is 0 Å². The molecule has 36 valence electrons. The molecular formula is HgO4PbS. The van der Waals surface area contributed by atoms with Crippen molar-refractivity contribution in [1.29, 1.82) is 0 Å². The Labute approximate surface area is 81.9 Å². The Morgan fingerprint density at radius 1 is 1.14 bits per heavy atom. The van der Waals surface area contributed by atoms with Gasteiger partial charge in [0.1, 0.15) is 0 Å². The van der Waals surface area contributed by atoms with Gasteiger partial charge < -0.3 is 9.11 Å². The molecular weight excluding hydrogens is 504 g/mol. The average molecular weight is 504 g/mol. The normalized spacial score (nSPS) is 8.29. The zero-order valence-corrected chi connectivity index (χ0v) is 13.5. The third-order valence-corrected chi connectivity index (χ3v) is 0. The van der Waals surface area contributed by atoms with E-state index in [2.05, 4.69) is 0 Å². The van der Waals surface area contributed by atoms with E-state index in [4.69, 9.17) is 17.5 Å². The van der Waals surface area contributed by atoms with E-state index in [1.54, 1.807) is 0 Å². The van der Waals surface area contributed by atoms with Crippen LogP contribution in [0.15, 0.2) is 0 Å². The van der Waals surface area contributed by atoms with Gasteiger partial charge in [0.15, 0.2) is 0 Å². The maximum atomic E-state index is 8.52. The van der Waals surface area contributed by atoms with Gasteiger partial charge in [-0.05, 0) is 0 Å². The summed E-state index contributed by atoms with van der Waals surface area (Å²) in [5.74, 6) is 0. The number of hydrogen-bond donors (Lipinski definition) is 0. The first kappa shape index (κ1) is 15.9. The van der Waals surface area contributed by atoms with Gasteiger partial charge in [0.05, 0.1) is 0 Å². The minimum Gasteiger partial charge on any atom is -0.759 e. The third-order valence-electron chi connectivity index (χ3n) is 0. The molecule has 0 amide bonds. The molecule has 0 aromatic rings. The van der Waals surface area contributed by atoms with Crippen molar-refractivity contribution in [3.63, 3.8) is 0 Å². The standard InChI is InChI=1S/Hg.H2O4S.Pb/c;1-5(2,3)4;/h;(H2,1,2,3,4);/q;;+2/p-2. The molecule has 0 N–H and O–H groups in total. The zero-order valence-electron chi connectivity index (χ0n) is 3.25. The molecule has 7 heavy (non-hydrogen) atoms. The molecule has 0 aliphatic heterocycles. The van der Waals surface area contributed by atoms with Crippen LogP contribution in [0.2, 0.25) is 0 Å². The summed E-state index contributed by atoms with van der Waals surface area (Å²) in [7, 11) is -5.17. The molecule has 0 unspecified atom stereocenters. The van der Waals surface area contributed by atoms with Gasteiger partial charge in [-0.25, -0.2) is 0 Å². The molecule has 0 aliphatic carbocycles. The monoisotopic (exact) mass is 506 g/mol. The van der Waals surface area contributed by atoms with Crippen molar-refractivity contribution in [3.05, 3.63) is 0 Å². The Kier molecular flexibility index (Phi) is 13.3. The van der Waals surface area contributed by atoms with Crippen LogP contribution < -0.4 is 0 Å². The second kappa shape index (κ2) is 5.86. The molecule has 0 aromatic heterocycles. The quantitative estimate of drug-likeness (QED) is 0.224. The first-order valence-electron chi connectivity index (χ1n) is 0.667. The maximum Gasteiger partial charge on any atom is 2.00 e. The van der Waals surface area contributed by atoms with E-state index in [1.165, 1.54) is 0 Å². The third kappa shape index (κ3) is 85.0. The molecule has 0 aliphatic rings. The second-order valence-electron chi connectivity index (χ2n) is 0.408. The van der Waals surface area contributed by atoms with Crippen LogP contribution in [-0.2, 0) is 38.1 Å². The van der Waals surface area contributed by atoms with Crippen molar-refractivity contribution in [3.8, 4) is 0 Å². The Morgan fingerprint density at radius 3 is 1.14 bits per heavy atom. The van der Waals surface area contributed by atoms with Crippen molar-refractivity contribution >= 4 is 37.7 Å². The van der Waals surface area contributed by atoms with E-state index < -0.39 is 10.4 Å². The van der Waals surface area contributed by atoms with Crippen LogP contribution >= 0.6 is 0 Å². The number of hydrogen-bond acceptors (Lipinski definition) is 4. The van der Waals surface area contributed by atoms with Crippen LogP contribution in [0.1, 0.15) is 0 Å². The largest absolute Gasteiger partial charge is 2.00 e. The van der Waals surface area contributed by atoms with E-state index >= 15 is 0 Å². The summed E-state index contributed by atoms with van der Waals surface area (Å²) in [5.41, 5.74) is 0. The molecule has 0 saturated heterocycles. The molecule has 0 heterocycles. The van der Waals surface area contributed by atoms with E-state index in [1.807, 2.05) is 0 Å². The number of rotatable bonds is 0. The molecule has 4 nitrogen and oxygen atoms in total. The summed E-state index contributed by atoms with van der Waals surface area (Å²) in [4.78, 5) is 0. The van der Waals surface area contributed by atoms with Gasteiger partial charge in [-0.3, -0.25) is 8.42 Å². The second-order valence-corrected chi connectivity index (χ2v) is 1.22.